The van der Waals surface area contributed by atoms with Crippen molar-refractivity contribution in [3.63, 3.8) is 0 Å². The number of H-pyrrole nitrogens is 1. The molecular formula is C15H26N2O5Si. The Kier molecular flexibility index (Phi) is 4.34. The molecule has 1 aromatic heterocycles. The normalized spacial score (nSPS) is 29.6. The van der Waals surface area contributed by atoms with Crippen molar-refractivity contribution in [2.45, 2.75) is 70.3 Å². The van der Waals surface area contributed by atoms with Gasteiger partial charge in [0, 0.05) is 13.6 Å². The Hall–Kier alpha value is -1.22. The first-order valence-electron chi connectivity index (χ1n) is 8.31. The summed E-state index contributed by atoms with van der Waals surface area (Å²) in [6, 6.07) is 1.19. The van der Waals surface area contributed by atoms with E-state index in [0.717, 1.165) is 4.57 Å². The van der Waals surface area contributed by atoms with E-state index in [1.165, 1.54) is 12.3 Å². The van der Waals surface area contributed by atoms with E-state index in [-0.39, 0.29) is 11.9 Å². The lowest BCUT2D eigenvalue weighted by atomic mass is 10.1. The van der Waals surface area contributed by atoms with Gasteiger partial charge >= 0.3 is 5.69 Å². The van der Waals surface area contributed by atoms with Crippen molar-refractivity contribution in [1.29, 1.82) is 0 Å². The van der Waals surface area contributed by atoms with Crippen molar-refractivity contribution in [3.8, 4) is 0 Å². The molecular weight excluding hydrogens is 316 g/mol. The van der Waals surface area contributed by atoms with Crippen LogP contribution in [0.1, 0.15) is 35.3 Å². The second kappa shape index (κ2) is 6.01. The van der Waals surface area contributed by atoms with E-state index < -0.39 is 44.1 Å². The van der Waals surface area contributed by atoms with Gasteiger partial charge in [0.05, 0.1) is 6.10 Å². The topological polar surface area (TPSA) is 93.6 Å². The molecule has 1 aliphatic rings. The lowest BCUT2D eigenvalue weighted by molar-refractivity contribution is -0.0350. The average Bonchev–Trinajstić information content (AvgIpc) is 2.74. The van der Waals surface area contributed by atoms with Gasteiger partial charge in [-0.3, -0.25) is 14.3 Å². The van der Waals surface area contributed by atoms with Crippen LogP contribution >= 0.6 is 0 Å². The van der Waals surface area contributed by atoms with Crippen LogP contribution in [0.25, 0.3) is 0 Å². The highest BCUT2D eigenvalue weighted by Crippen LogP contribution is 2.40. The Morgan fingerprint density at radius 1 is 1.43 bits per heavy atom. The third-order valence-corrected chi connectivity index (χ3v) is 9.15. The van der Waals surface area contributed by atoms with Crippen LogP contribution in [0.5, 0.6) is 0 Å². The van der Waals surface area contributed by atoms with Gasteiger partial charge in [-0.25, -0.2) is 4.79 Å². The number of nitrogens with zero attached hydrogens (tertiary/aromatic N) is 1. The summed E-state index contributed by atoms with van der Waals surface area (Å²) in [6.07, 6.45) is -2.13. The highest BCUT2D eigenvalue weighted by molar-refractivity contribution is 6.74. The number of aliphatic hydroxyl groups is 1. The fraction of sp³-hybridized carbons (Fsp3) is 0.733. The first kappa shape index (κ1) is 16.6. The molecule has 7 nitrogen and oxygen atoms in total. The van der Waals surface area contributed by atoms with Crippen molar-refractivity contribution >= 4 is 8.32 Å². The lowest BCUT2D eigenvalue weighted by Crippen LogP contribution is -2.49. The molecule has 1 fully saturated rings. The second-order valence-corrected chi connectivity index (χ2v) is 12.2. The molecule has 0 radical (unpaired) electrons. The molecule has 0 bridgehead atoms. The quantitative estimate of drug-likeness (QED) is 0.805. The van der Waals surface area contributed by atoms with Crippen molar-refractivity contribution in [2.24, 2.45) is 0 Å². The van der Waals surface area contributed by atoms with Gasteiger partial charge in [-0.05, 0) is 25.0 Å². The minimum Gasteiger partial charge on any atom is -0.408 e. The number of hydrogen-bond donors (Lipinski definition) is 2. The third kappa shape index (κ3) is 3.50. The monoisotopic (exact) mass is 343 g/mol. The Labute approximate surface area is 137 Å². The highest BCUT2D eigenvalue weighted by Gasteiger charge is 2.48. The van der Waals surface area contributed by atoms with E-state index in [1.54, 1.807) is 0 Å². The lowest BCUT2D eigenvalue weighted by Gasteiger charge is -2.39. The van der Waals surface area contributed by atoms with Gasteiger partial charge in [0.25, 0.3) is 5.56 Å². The summed E-state index contributed by atoms with van der Waals surface area (Å²) in [7, 11) is -2.19. The number of ether oxygens (including phenoxy) is 1. The van der Waals surface area contributed by atoms with Crippen LogP contribution < -0.4 is 11.2 Å². The maximum atomic E-state index is 12.0. The molecule has 0 saturated carbocycles. The van der Waals surface area contributed by atoms with Crippen LogP contribution in [-0.2, 0) is 9.16 Å². The van der Waals surface area contributed by atoms with Crippen molar-refractivity contribution in [2.75, 3.05) is 0 Å². The van der Waals surface area contributed by atoms with E-state index in [2.05, 4.69) is 38.8 Å². The molecule has 0 aliphatic carbocycles. The van der Waals surface area contributed by atoms with Gasteiger partial charge in [0.15, 0.2) is 14.5 Å². The predicted octanol–water partition coefficient (Wildman–Crippen LogP) is 1.21. The van der Waals surface area contributed by atoms with E-state index >= 15 is 0 Å². The number of rotatable bonds is 3. The molecule has 0 amide bonds. The summed E-state index contributed by atoms with van der Waals surface area (Å²) in [4.78, 5) is 25.3. The molecule has 23 heavy (non-hydrogen) atoms. The van der Waals surface area contributed by atoms with Gasteiger partial charge < -0.3 is 14.3 Å². The molecule has 4 atom stereocenters. The minimum absolute atomic E-state index is 0.0633. The van der Waals surface area contributed by atoms with Crippen LogP contribution in [0.4, 0.5) is 0 Å². The van der Waals surface area contributed by atoms with Gasteiger partial charge in [-0.1, -0.05) is 20.8 Å². The molecule has 1 aliphatic heterocycles. The fourth-order valence-electron chi connectivity index (χ4n) is 2.24. The summed E-state index contributed by atoms with van der Waals surface area (Å²) in [5.41, 5.74) is -1.18. The molecule has 0 spiro atoms. The first-order chi connectivity index (χ1) is 11.0. The highest BCUT2D eigenvalue weighted by atomic mass is 28.4. The summed E-state index contributed by atoms with van der Waals surface area (Å²) in [5.74, 6) is 0. The molecule has 0 aromatic carbocycles. The Morgan fingerprint density at radius 2 is 2.09 bits per heavy atom. The summed E-state index contributed by atoms with van der Waals surface area (Å²) in [6.45, 7) is 10.3. The molecule has 2 rings (SSSR count). The summed E-state index contributed by atoms with van der Waals surface area (Å²) in [5, 5.41) is 10.6. The second-order valence-electron chi connectivity index (χ2n) is 7.42. The molecule has 1 aromatic rings. The smallest absolute Gasteiger partial charge is 0.330 e. The zero-order valence-electron chi connectivity index (χ0n) is 15.2. The number of hydrogen-bond acceptors (Lipinski definition) is 5. The van der Waals surface area contributed by atoms with Gasteiger partial charge in [-0.15, -0.1) is 0 Å². The van der Waals surface area contributed by atoms with Gasteiger partial charge in [0.1, 0.15) is 12.2 Å². The first-order valence-corrected chi connectivity index (χ1v) is 10.5. The largest absolute Gasteiger partial charge is 0.408 e. The van der Waals surface area contributed by atoms with Crippen LogP contribution in [0, 0.1) is 0 Å². The third-order valence-electron chi connectivity index (χ3n) is 4.67. The van der Waals surface area contributed by atoms with Gasteiger partial charge in [-0.2, -0.15) is 0 Å². The predicted molar refractivity (Wildman–Crippen MR) is 89.0 cm³/mol. The number of aromatic amines is 1. The fourth-order valence-corrected chi connectivity index (χ4v) is 3.56. The van der Waals surface area contributed by atoms with Crippen LogP contribution in [0.15, 0.2) is 21.9 Å². The zero-order chi connectivity index (χ0) is 18.3. The Bertz CT molecular complexity index is 696. The molecule has 1 saturated heterocycles. The minimum atomic E-state index is -2.19. The van der Waals surface area contributed by atoms with Crippen molar-refractivity contribution in [1.82, 2.24) is 9.55 Å². The number of aliphatic hydroxyl groups excluding tert-OH is 1. The van der Waals surface area contributed by atoms with Gasteiger partial charge in [0.2, 0.25) is 0 Å². The maximum Gasteiger partial charge on any atom is 0.330 e. The van der Waals surface area contributed by atoms with E-state index in [9.17, 15) is 14.7 Å². The molecule has 2 N–H and O–H groups in total. The standard InChI is InChI=1S/C15H26N2O5Si/c1-9-12(22-23(5,6)15(2,3)4)11(19)13(21-9)17-8-7-10(18)16-14(17)20/h7-9,11-13,19H,1-6H3,(H,16,18,20)/t9-,11+,12?,13-/m1/s1/i1D. The molecule has 130 valence electrons. The van der Waals surface area contributed by atoms with E-state index in [0.29, 0.717) is 0 Å². The van der Waals surface area contributed by atoms with Crippen LogP contribution in [-0.4, -0.2) is 41.3 Å². The van der Waals surface area contributed by atoms with Crippen LogP contribution in [0.2, 0.25) is 18.1 Å². The zero-order valence-corrected chi connectivity index (χ0v) is 15.2. The number of aromatic nitrogens is 2. The molecule has 2 heterocycles. The molecule has 8 heteroatoms. The van der Waals surface area contributed by atoms with Crippen molar-refractivity contribution < 1.29 is 15.6 Å². The van der Waals surface area contributed by atoms with Crippen molar-refractivity contribution in [3.05, 3.63) is 33.1 Å². The summed E-state index contributed by atoms with van der Waals surface area (Å²) < 4.78 is 20.8. The summed E-state index contributed by atoms with van der Waals surface area (Å²) >= 11 is 0. The van der Waals surface area contributed by atoms with Crippen LogP contribution in [0.3, 0.4) is 0 Å². The van der Waals surface area contributed by atoms with E-state index in [1.807, 2.05) is 0 Å². The molecule has 1 unspecified atom stereocenters. The SMILES string of the molecule is [2H]C[C@H]1O[C@@H](n2ccc(=O)[nH]c2=O)[C@@H](O)C1O[Si](C)(C)C(C)(C)C. The Balaban J connectivity index is 2.31. The van der Waals surface area contributed by atoms with E-state index in [4.69, 9.17) is 10.5 Å². The average molecular weight is 343 g/mol. The Morgan fingerprint density at radius 3 is 2.61 bits per heavy atom. The maximum absolute atomic E-state index is 12.0. The number of nitrogens with one attached hydrogen (secondary N) is 1.